The molecule has 29 heavy (non-hydrogen) atoms. The second-order valence-corrected chi connectivity index (χ2v) is 8.71. The van der Waals surface area contributed by atoms with E-state index in [1.807, 2.05) is 67.8 Å². The molecular weight excluding hydrogens is 402 g/mol. The van der Waals surface area contributed by atoms with Crippen LogP contribution in [0, 0.1) is 0 Å². The van der Waals surface area contributed by atoms with Gasteiger partial charge in [0.1, 0.15) is 5.75 Å². The number of nitrogens with zero attached hydrogens (tertiary/aromatic N) is 1. The highest BCUT2D eigenvalue weighted by molar-refractivity contribution is 8.04. The summed E-state index contributed by atoms with van der Waals surface area (Å²) in [4.78, 5) is 30.2. The van der Waals surface area contributed by atoms with Crippen LogP contribution in [0.1, 0.15) is 18.7 Å². The summed E-state index contributed by atoms with van der Waals surface area (Å²) in [6.07, 6.45) is -0.0770. The lowest BCUT2D eigenvalue weighted by atomic mass is 10.2. The van der Waals surface area contributed by atoms with Gasteiger partial charge in [0, 0.05) is 9.77 Å². The number of rotatable bonds is 6. The Kier molecular flexibility index (Phi) is 5.56. The molecule has 2 heterocycles. The molecule has 2 amide bonds. The molecule has 6 heteroatoms. The first-order valence-electron chi connectivity index (χ1n) is 9.22. The van der Waals surface area contributed by atoms with Gasteiger partial charge in [-0.25, -0.2) is 4.90 Å². The molecule has 0 unspecified atom stereocenters. The van der Waals surface area contributed by atoms with E-state index in [9.17, 15) is 9.59 Å². The van der Waals surface area contributed by atoms with Crippen molar-refractivity contribution in [3.05, 3.63) is 81.9 Å². The topological polar surface area (TPSA) is 46.6 Å². The molecule has 1 aliphatic heterocycles. The summed E-state index contributed by atoms with van der Waals surface area (Å²) < 4.78 is 5.87. The molecule has 146 valence electrons. The van der Waals surface area contributed by atoms with Crippen molar-refractivity contribution in [2.45, 2.75) is 24.8 Å². The first kappa shape index (κ1) is 19.5. The van der Waals surface area contributed by atoms with Crippen LogP contribution in [0.5, 0.6) is 5.75 Å². The summed E-state index contributed by atoms with van der Waals surface area (Å²) in [5.41, 5.74) is 0.909. The molecule has 2 aromatic carbocycles. The molecule has 0 fully saturated rings. The third-order valence-corrected chi connectivity index (χ3v) is 6.22. The lowest BCUT2D eigenvalue weighted by molar-refractivity contribution is -0.119. The lowest BCUT2D eigenvalue weighted by Gasteiger charge is -2.20. The summed E-state index contributed by atoms with van der Waals surface area (Å²) in [5, 5.41) is 1.91. The van der Waals surface area contributed by atoms with Gasteiger partial charge in [-0.2, -0.15) is 0 Å². The van der Waals surface area contributed by atoms with Crippen LogP contribution in [0.2, 0.25) is 0 Å². The van der Waals surface area contributed by atoms with Crippen LogP contribution in [0.15, 0.2) is 81.9 Å². The molecule has 0 N–H and O–H groups in total. The van der Waals surface area contributed by atoms with Gasteiger partial charge >= 0.3 is 0 Å². The maximum Gasteiger partial charge on any atom is 0.273 e. The fourth-order valence-electron chi connectivity index (χ4n) is 3.06. The van der Waals surface area contributed by atoms with Crippen molar-refractivity contribution in [1.29, 1.82) is 0 Å². The van der Waals surface area contributed by atoms with Crippen molar-refractivity contribution in [1.82, 2.24) is 0 Å². The smallest absolute Gasteiger partial charge is 0.273 e. The summed E-state index contributed by atoms with van der Waals surface area (Å²) in [6.45, 7) is 3.83. The summed E-state index contributed by atoms with van der Waals surface area (Å²) >= 11 is 2.77. The fraction of sp³-hybridized carbons (Fsp3) is 0.130. The van der Waals surface area contributed by atoms with E-state index in [2.05, 4.69) is 0 Å². The van der Waals surface area contributed by atoms with Gasteiger partial charge < -0.3 is 4.74 Å². The van der Waals surface area contributed by atoms with Gasteiger partial charge in [0.05, 0.1) is 22.3 Å². The molecule has 0 aliphatic carbocycles. The van der Waals surface area contributed by atoms with E-state index in [0.717, 1.165) is 9.77 Å². The van der Waals surface area contributed by atoms with Crippen LogP contribution < -0.4 is 9.64 Å². The third-order valence-electron chi connectivity index (χ3n) is 4.24. The van der Waals surface area contributed by atoms with Gasteiger partial charge in [0.15, 0.2) is 0 Å². The molecule has 3 aromatic rings. The Hall–Kier alpha value is -2.83. The number of carbonyl (C=O) groups excluding carboxylic acids is 2. The number of amides is 2. The molecule has 0 bridgehead atoms. The average Bonchev–Trinajstić information content (AvgIpc) is 3.30. The Balaban J connectivity index is 1.79. The van der Waals surface area contributed by atoms with Crippen LogP contribution in [0.4, 0.5) is 5.69 Å². The highest BCUT2D eigenvalue weighted by atomic mass is 32.2. The number of hydrogen-bond acceptors (Lipinski definition) is 5. The van der Waals surface area contributed by atoms with Gasteiger partial charge in [0.2, 0.25) is 0 Å². The molecule has 1 aliphatic rings. The zero-order chi connectivity index (χ0) is 20.4. The number of imide groups is 1. The van der Waals surface area contributed by atoms with Gasteiger partial charge in [-0.15, -0.1) is 11.3 Å². The van der Waals surface area contributed by atoms with Gasteiger partial charge in [-0.1, -0.05) is 48.2 Å². The van der Waals surface area contributed by atoms with Gasteiger partial charge in [-0.3, -0.25) is 9.59 Å². The lowest BCUT2D eigenvalue weighted by Crippen LogP contribution is -2.31. The molecule has 1 aromatic heterocycles. The SMILES string of the molecule is CC(C)Oc1ccccc1N1C(=O)C(Sc2ccccc2)=C(c2cccs2)C1=O. The Morgan fingerprint density at radius 3 is 2.31 bits per heavy atom. The van der Waals surface area contributed by atoms with Crippen molar-refractivity contribution in [3.8, 4) is 5.75 Å². The van der Waals surface area contributed by atoms with Crippen LogP contribution >= 0.6 is 23.1 Å². The van der Waals surface area contributed by atoms with Crippen molar-refractivity contribution in [3.63, 3.8) is 0 Å². The number of thiophene rings is 1. The zero-order valence-electron chi connectivity index (χ0n) is 16.0. The molecule has 0 saturated carbocycles. The number of carbonyl (C=O) groups is 2. The quantitative estimate of drug-likeness (QED) is 0.485. The van der Waals surface area contributed by atoms with Crippen LogP contribution in [-0.4, -0.2) is 17.9 Å². The van der Waals surface area contributed by atoms with E-state index in [4.69, 9.17) is 4.74 Å². The molecule has 4 nitrogen and oxygen atoms in total. The first-order chi connectivity index (χ1) is 14.1. The summed E-state index contributed by atoms with van der Waals surface area (Å²) in [5.74, 6) is -0.136. The van der Waals surface area contributed by atoms with Crippen molar-refractivity contribution >= 4 is 46.2 Å². The van der Waals surface area contributed by atoms with E-state index in [1.165, 1.54) is 28.0 Å². The standard InChI is InChI=1S/C23H19NO3S2/c1-15(2)27-18-12-7-6-11-17(18)24-22(25)20(19-13-8-14-28-19)21(23(24)26)29-16-9-4-3-5-10-16/h3-15H,1-2H3. The van der Waals surface area contributed by atoms with E-state index < -0.39 is 0 Å². The Morgan fingerprint density at radius 1 is 0.897 bits per heavy atom. The monoisotopic (exact) mass is 421 g/mol. The van der Waals surface area contributed by atoms with Crippen LogP contribution in [0.3, 0.4) is 0 Å². The minimum Gasteiger partial charge on any atom is -0.489 e. The predicted molar refractivity (Wildman–Crippen MR) is 118 cm³/mol. The minimum absolute atomic E-state index is 0.0770. The summed E-state index contributed by atoms with van der Waals surface area (Å²) in [7, 11) is 0. The maximum absolute atomic E-state index is 13.4. The third kappa shape index (κ3) is 3.86. The Labute approximate surface area is 177 Å². The van der Waals surface area contributed by atoms with Crippen LogP contribution in [-0.2, 0) is 9.59 Å². The number of para-hydroxylation sites is 2. The first-order valence-corrected chi connectivity index (χ1v) is 10.9. The number of benzene rings is 2. The van der Waals surface area contributed by atoms with Crippen molar-refractivity contribution < 1.29 is 14.3 Å². The predicted octanol–water partition coefficient (Wildman–Crippen LogP) is 5.61. The minimum atomic E-state index is -0.327. The second kappa shape index (κ2) is 8.27. The van der Waals surface area contributed by atoms with E-state index in [1.54, 1.807) is 18.2 Å². The zero-order valence-corrected chi connectivity index (χ0v) is 17.6. The number of ether oxygens (including phenoxy) is 1. The molecular formula is C23H19NO3S2. The fourth-order valence-corrected chi connectivity index (χ4v) is 4.90. The molecule has 0 atom stereocenters. The molecule has 0 spiro atoms. The molecule has 0 radical (unpaired) electrons. The second-order valence-electron chi connectivity index (χ2n) is 6.68. The van der Waals surface area contributed by atoms with Crippen molar-refractivity contribution in [2.24, 2.45) is 0 Å². The highest BCUT2D eigenvalue weighted by Gasteiger charge is 2.42. The largest absolute Gasteiger partial charge is 0.489 e. The van der Waals surface area contributed by atoms with E-state index >= 15 is 0 Å². The van der Waals surface area contributed by atoms with Crippen LogP contribution in [0.25, 0.3) is 5.57 Å². The number of thioether (sulfide) groups is 1. The van der Waals surface area contributed by atoms with E-state index in [0.29, 0.717) is 21.9 Å². The Bertz CT molecular complexity index is 1070. The van der Waals surface area contributed by atoms with Crippen molar-refractivity contribution in [2.75, 3.05) is 4.90 Å². The Morgan fingerprint density at radius 2 is 1.62 bits per heavy atom. The molecule has 4 rings (SSSR count). The normalized spacial score (nSPS) is 14.2. The van der Waals surface area contributed by atoms with Gasteiger partial charge in [0.25, 0.3) is 11.8 Å². The maximum atomic E-state index is 13.4. The summed E-state index contributed by atoms with van der Waals surface area (Å²) in [6, 6.07) is 20.5. The highest BCUT2D eigenvalue weighted by Crippen LogP contribution is 2.44. The number of hydrogen-bond donors (Lipinski definition) is 0. The number of anilines is 1. The molecule has 0 saturated heterocycles. The average molecular weight is 422 g/mol. The van der Waals surface area contributed by atoms with E-state index in [-0.39, 0.29) is 17.9 Å². The van der Waals surface area contributed by atoms with Gasteiger partial charge in [-0.05, 0) is 49.6 Å².